The van der Waals surface area contributed by atoms with Gasteiger partial charge in [0, 0.05) is 17.5 Å². The fourth-order valence-corrected chi connectivity index (χ4v) is 4.21. The summed E-state index contributed by atoms with van der Waals surface area (Å²) in [6, 6.07) is 17.8. The summed E-state index contributed by atoms with van der Waals surface area (Å²) >= 11 is 0. The molecule has 5 rings (SSSR count). The average Bonchev–Trinajstić information content (AvgIpc) is 3.20. The molecule has 0 saturated heterocycles. The van der Waals surface area contributed by atoms with Crippen LogP contribution in [0.2, 0.25) is 0 Å². The predicted molar refractivity (Wildman–Crippen MR) is 118 cm³/mol. The van der Waals surface area contributed by atoms with Gasteiger partial charge < -0.3 is 19.0 Å². The number of furan rings is 1. The van der Waals surface area contributed by atoms with E-state index in [4.69, 9.17) is 13.9 Å². The molecule has 2 atom stereocenters. The van der Waals surface area contributed by atoms with Crippen molar-refractivity contribution in [3.05, 3.63) is 60.9 Å². The molecule has 6 heteroatoms. The first-order valence-electron chi connectivity index (χ1n) is 10.5. The first-order chi connectivity index (χ1) is 15.2. The smallest absolute Gasteiger partial charge is 0.234 e. The summed E-state index contributed by atoms with van der Waals surface area (Å²) in [5.41, 5.74) is 3.27. The zero-order chi connectivity index (χ0) is 21.2. The first-order valence-corrected chi connectivity index (χ1v) is 10.5. The van der Waals surface area contributed by atoms with Crippen molar-refractivity contribution in [3.8, 4) is 34.1 Å². The van der Waals surface area contributed by atoms with Gasteiger partial charge in [-0.2, -0.15) is 0 Å². The van der Waals surface area contributed by atoms with Crippen LogP contribution in [0.3, 0.4) is 0 Å². The molecule has 4 aromatic rings. The Labute approximate surface area is 180 Å². The second-order valence-electron chi connectivity index (χ2n) is 7.82. The maximum Gasteiger partial charge on any atom is 0.234 e. The van der Waals surface area contributed by atoms with Crippen molar-refractivity contribution in [3.63, 3.8) is 0 Å². The lowest BCUT2D eigenvalue weighted by Gasteiger charge is -2.26. The van der Waals surface area contributed by atoms with Crippen LogP contribution in [0.5, 0.6) is 11.6 Å². The van der Waals surface area contributed by atoms with Crippen LogP contribution in [0.25, 0.3) is 33.6 Å². The summed E-state index contributed by atoms with van der Waals surface area (Å²) < 4.78 is 17.9. The quantitative estimate of drug-likeness (QED) is 0.479. The molecule has 158 valence electrons. The zero-order valence-electron chi connectivity index (χ0n) is 17.3. The summed E-state index contributed by atoms with van der Waals surface area (Å²) in [5.74, 6) is 1.98. The molecule has 31 heavy (non-hydrogen) atoms. The minimum absolute atomic E-state index is 0.0827. The summed E-state index contributed by atoms with van der Waals surface area (Å²) in [7, 11) is 1.65. The minimum atomic E-state index is -0.332. The fourth-order valence-electron chi connectivity index (χ4n) is 4.21. The van der Waals surface area contributed by atoms with Gasteiger partial charge in [-0.25, -0.2) is 9.97 Å². The predicted octanol–water partition coefficient (Wildman–Crippen LogP) is 5.25. The van der Waals surface area contributed by atoms with E-state index in [1.807, 2.05) is 54.6 Å². The largest absolute Gasteiger partial charge is 0.497 e. The maximum atomic E-state index is 10.1. The molecule has 0 aliphatic heterocycles. The van der Waals surface area contributed by atoms with E-state index in [0.717, 1.165) is 52.8 Å². The molecule has 0 radical (unpaired) electrons. The first kappa shape index (κ1) is 19.6. The molecule has 0 amide bonds. The summed E-state index contributed by atoms with van der Waals surface area (Å²) in [6.07, 6.45) is 4.30. The number of aromatic nitrogens is 2. The zero-order valence-corrected chi connectivity index (χ0v) is 17.3. The highest BCUT2D eigenvalue weighted by Crippen LogP contribution is 2.44. The standard InChI is InChI=1S/C25H24N2O4/c1-29-19-12-10-16(11-13-19)21-22-24(30-20-9-5-8-18(28)14-20)26-15-27-25(22)31-23(21)17-6-3-2-4-7-17/h2-4,6-7,10-13,15,18,20,28H,5,8-9,14H2,1H3/t18-,20+/m0/s1. The number of methoxy groups -OCH3 is 1. The number of nitrogens with zero attached hydrogens (tertiary/aromatic N) is 2. The lowest BCUT2D eigenvalue weighted by atomic mass is 9.95. The molecule has 1 saturated carbocycles. The second-order valence-corrected chi connectivity index (χ2v) is 7.82. The number of hydrogen-bond donors (Lipinski definition) is 1. The second kappa shape index (κ2) is 8.40. The van der Waals surface area contributed by atoms with Crippen molar-refractivity contribution in [2.75, 3.05) is 7.11 Å². The maximum absolute atomic E-state index is 10.1. The molecular formula is C25H24N2O4. The van der Waals surface area contributed by atoms with Crippen LogP contribution in [0.1, 0.15) is 25.7 Å². The van der Waals surface area contributed by atoms with Crippen LogP contribution in [0.15, 0.2) is 65.3 Å². The molecule has 2 aromatic heterocycles. The van der Waals surface area contributed by atoms with Gasteiger partial charge in [0.15, 0.2) is 0 Å². The Bertz CT molecular complexity index is 1170. The van der Waals surface area contributed by atoms with E-state index in [9.17, 15) is 5.11 Å². The Morgan fingerprint density at radius 2 is 1.77 bits per heavy atom. The summed E-state index contributed by atoms with van der Waals surface area (Å²) in [4.78, 5) is 8.84. The Morgan fingerprint density at radius 1 is 0.968 bits per heavy atom. The van der Waals surface area contributed by atoms with Crippen LogP contribution in [-0.4, -0.2) is 34.4 Å². The van der Waals surface area contributed by atoms with E-state index < -0.39 is 0 Å². The molecule has 1 N–H and O–H groups in total. The molecule has 1 aliphatic rings. The summed E-state index contributed by atoms with van der Waals surface area (Å²) in [5, 5.41) is 10.8. The molecule has 6 nitrogen and oxygen atoms in total. The number of ether oxygens (including phenoxy) is 2. The van der Waals surface area contributed by atoms with Gasteiger partial charge in [0.05, 0.1) is 13.2 Å². The van der Waals surface area contributed by atoms with Crippen molar-refractivity contribution in [2.24, 2.45) is 0 Å². The molecular weight excluding hydrogens is 392 g/mol. The van der Waals surface area contributed by atoms with E-state index in [1.54, 1.807) is 7.11 Å². The van der Waals surface area contributed by atoms with Crippen LogP contribution >= 0.6 is 0 Å². The number of aliphatic hydroxyl groups excluding tert-OH is 1. The highest BCUT2D eigenvalue weighted by atomic mass is 16.5. The van der Waals surface area contributed by atoms with Gasteiger partial charge in [-0.05, 0) is 37.0 Å². The summed E-state index contributed by atoms with van der Waals surface area (Å²) in [6.45, 7) is 0. The molecule has 0 unspecified atom stereocenters. The monoisotopic (exact) mass is 416 g/mol. The van der Waals surface area contributed by atoms with Crippen LogP contribution < -0.4 is 9.47 Å². The van der Waals surface area contributed by atoms with E-state index in [1.165, 1.54) is 6.33 Å². The third-order valence-corrected chi connectivity index (χ3v) is 5.74. The third-order valence-electron chi connectivity index (χ3n) is 5.74. The van der Waals surface area contributed by atoms with Gasteiger partial charge in [0.1, 0.15) is 29.3 Å². The lowest BCUT2D eigenvalue weighted by Crippen LogP contribution is -2.28. The molecule has 2 heterocycles. The number of fused-ring (bicyclic) bond motifs is 1. The highest BCUT2D eigenvalue weighted by molar-refractivity contribution is 6.03. The topological polar surface area (TPSA) is 77.6 Å². The Morgan fingerprint density at radius 3 is 2.52 bits per heavy atom. The Kier molecular flexibility index (Phi) is 5.30. The fraction of sp³-hybridized carbons (Fsp3) is 0.280. The lowest BCUT2D eigenvalue weighted by molar-refractivity contribution is 0.0522. The van der Waals surface area contributed by atoms with Gasteiger partial charge in [-0.15, -0.1) is 0 Å². The van der Waals surface area contributed by atoms with Crippen LogP contribution in [0.4, 0.5) is 0 Å². The molecule has 1 aliphatic carbocycles. The molecule has 2 aromatic carbocycles. The molecule has 1 fully saturated rings. The molecule has 0 spiro atoms. The van der Waals surface area contributed by atoms with Crippen molar-refractivity contribution in [2.45, 2.75) is 37.9 Å². The van der Waals surface area contributed by atoms with E-state index in [2.05, 4.69) is 9.97 Å². The number of benzene rings is 2. The molecule has 0 bridgehead atoms. The van der Waals surface area contributed by atoms with Gasteiger partial charge in [0.2, 0.25) is 11.6 Å². The number of hydrogen-bond acceptors (Lipinski definition) is 6. The van der Waals surface area contributed by atoms with Gasteiger partial charge in [-0.3, -0.25) is 0 Å². The van der Waals surface area contributed by atoms with Crippen LogP contribution in [0, 0.1) is 0 Å². The van der Waals surface area contributed by atoms with E-state index in [0.29, 0.717) is 18.0 Å². The van der Waals surface area contributed by atoms with Crippen molar-refractivity contribution >= 4 is 11.1 Å². The van der Waals surface area contributed by atoms with Gasteiger partial charge in [-0.1, -0.05) is 42.5 Å². The van der Waals surface area contributed by atoms with Gasteiger partial charge >= 0.3 is 0 Å². The van der Waals surface area contributed by atoms with Crippen molar-refractivity contribution in [1.29, 1.82) is 0 Å². The Balaban J connectivity index is 1.68. The van der Waals surface area contributed by atoms with E-state index in [-0.39, 0.29) is 12.2 Å². The van der Waals surface area contributed by atoms with Crippen molar-refractivity contribution < 1.29 is 19.0 Å². The van der Waals surface area contributed by atoms with Crippen LogP contribution in [-0.2, 0) is 0 Å². The third kappa shape index (κ3) is 3.86. The Hall–Kier alpha value is -3.38. The van der Waals surface area contributed by atoms with Gasteiger partial charge in [0.25, 0.3) is 0 Å². The highest BCUT2D eigenvalue weighted by Gasteiger charge is 2.27. The van der Waals surface area contributed by atoms with Crippen molar-refractivity contribution in [1.82, 2.24) is 9.97 Å². The minimum Gasteiger partial charge on any atom is -0.497 e. The number of aliphatic hydroxyl groups is 1. The normalized spacial score (nSPS) is 18.8. The number of rotatable bonds is 5. The average molecular weight is 416 g/mol. The van der Waals surface area contributed by atoms with E-state index >= 15 is 0 Å². The SMILES string of the molecule is COc1ccc(-c2c(-c3ccccc3)oc3ncnc(O[C@@H]4CCC[C@H](O)C4)c23)cc1.